The summed E-state index contributed by atoms with van der Waals surface area (Å²) in [4.78, 5) is 17.5. The Balaban J connectivity index is 1.86. The largest absolute Gasteiger partial charge is 0.465 e. The third kappa shape index (κ3) is 2.64. The number of ether oxygens (including phenoxy) is 1. The zero-order valence-electron chi connectivity index (χ0n) is 12.7. The second-order valence-corrected chi connectivity index (χ2v) is 6.37. The first-order valence-electron chi connectivity index (χ1n) is 7.69. The van der Waals surface area contributed by atoms with Gasteiger partial charge in [-0.05, 0) is 12.3 Å². The molecule has 0 spiro atoms. The van der Waals surface area contributed by atoms with Gasteiger partial charge < -0.3 is 14.4 Å². The molecular weight excluding hydrogens is 270 g/mol. The average Bonchev–Trinajstić information content (AvgIpc) is 3.08. The lowest BCUT2D eigenvalue weighted by Gasteiger charge is -2.35. The minimum atomic E-state index is -0.849. The van der Waals surface area contributed by atoms with Gasteiger partial charge in [0.25, 0.3) is 0 Å². The number of fused-ring (bicyclic) bond motifs is 1. The van der Waals surface area contributed by atoms with Crippen LogP contribution in [0.25, 0.3) is 0 Å². The summed E-state index contributed by atoms with van der Waals surface area (Å²) in [7, 11) is 0. The molecule has 1 amide bonds. The van der Waals surface area contributed by atoms with Crippen LogP contribution in [0, 0.1) is 11.8 Å². The summed E-state index contributed by atoms with van der Waals surface area (Å²) >= 11 is 0. The average molecular weight is 293 g/mol. The Labute approximate surface area is 124 Å². The minimum absolute atomic E-state index is 0.132. The van der Waals surface area contributed by atoms with Crippen molar-refractivity contribution in [2.75, 3.05) is 19.8 Å². The normalized spacial score (nSPS) is 25.4. The number of hydrogen-bond donors (Lipinski definition) is 1. The number of amides is 1. The van der Waals surface area contributed by atoms with E-state index in [9.17, 15) is 9.90 Å². The highest BCUT2D eigenvalue weighted by Crippen LogP contribution is 2.34. The number of hydrogen-bond acceptors (Lipinski definition) is 3. The molecule has 2 atom stereocenters. The van der Waals surface area contributed by atoms with E-state index in [-0.39, 0.29) is 12.0 Å². The predicted octanol–water partition coefficient (Wildman–Crippen LogP) is 2.15. The van der Waals surface area contributed by atoms with Crippen molar-refractivity contribution in [1.82, 2.24) is 14.5 Å². The van der Waals surface area contributed by atoms with Gasteiger partial charge in [0.2, 0.25) is 0 Å². The molecule has 2 aliphatic rings. The van der Waals surface area contributed by atoms with E-state index in [2.05, 4.69) is 23.4 Å². The maximum Gasteiger partial charge on any atom is 0.407 e. The Morgan fingerprint density at radius 1 is 1.57 bits per heavy atom. The second kappa shape index (κ2) is 5.67. The molecule has 6 heteroatoms. The van der Waals surface area contributed by atoms with Crippen LogP contribution < -0.4 is 0 Å². The molecule has 1 fully saturated rings. The molecule has 2 aliphatic heterocycles. The molecule has 0 radical (unpaired) electrons. The quantitative estimate of drug-likeness (QED) is 0.927. The van der Waals surface area contributed by atoms with Crippen molar-refractivity contribution in [2.45, 2.75) is 39.3 Å². The topological polar surface area (TPSA) is 67.6 Å². The lowest BCUT2D eigenvalue weighted by atomic mass is 9.93. The zero-order valence-corrected chi connectivity index (χ0v) is 12.7. The number of imidazole rings is 1. The van der Waals surface area contributed by atoms with Crippen molar-refractivity contribution in [3.63, 3.8) is 0 Å². The molecule has 3 heterocycles. The van der Waals surface area contributed by atoms with E-state index >= 15 is 0 Å². The van der Waals surface area contributed by atoms with Crippen LogP contribution in [0.1, 0.15) is 37.7 Å². The molecule has 0 aromatic carbocycles. The van der Waals surface area contributed by atoms with E-state index < -0.39 is 6.09 Å². The van der Waals surface area contributed by atoms with E-state index in [1.165, 1.54) is 10.6 Å². The van der Waals surface area contributed by atoms with Crippen molar-refractivity contribution < 1.29 is 14.6 Å². The first kappa shape index (κ1) is 14.4. The highest BCUT2D eigenvalue weighted by molar-refractivity contribution is 5.66. The lowest BCUT2D eigenvalue weighted by molar-refractivity contribution is 0.102. The summed E-state index contributed by atoms with van der Waals surface area (Å²) in [5.41, 5.74) is 2.15. The summed E-state index contributed by atoms with van der Waals surface area (Å²) in [6.45, 7) is 7.27. The van der Waals surface area contributed by atoms with Crippen molar-refractivity contribution in [2.24, 2.45) is 11.8 Å². The zero-order chi connectivity index (χ0) is 15.0. The molecule has 1 N–H and O–H groups in total. The second-order valence-electron chi connectivity index (χ2n) is 6.37. The standard InChI is InChI=1S/C15H23N3O3/c1-10(2)14-13-12(3-5-18(14)15(19)20)17(9-16-13)7-11-4-6-21-8-11/h9-11,14H,3-8H2,1-2H3,(H,19,20). The van der Waals surface area contributed by atoms with Crippen molar-refractivity contribution in [3.05, 3.63) is 17.7 Å². The fraction of sp³-hybridized carbons (Fsp3) is 0.733. The lowest BCUT2D eigenvalue weighted by Crippen LogP contribution is -2.42. The highest BCUT2D eigenvalue weighted by Gasteiger charge is 2.36. The van der Waals surface area contributed by atoms with Gasteiger partial charge in [0.15, 0.2) is 0 Å². The molecule has 0 saturated carbocycles. The molecule has 0 aliphatic carbocycles. The minimum Gasteiger partial charge on any atom is -0.465 e. The SMILES string of the molecule is CC(C)C1c2ncn(CC3CCOC3)c2CCN1C(=O)O. The maximum atomic E-state index is 11.4. The van der Waals surface area contributed by atoms with E-state index in [0.717, 1.165) is 38.3 Å². The first-order chi connectivity index (χ1) is 10.1. The first-order valence-corrected chi connectivity index (χ1v) is 7.69. The van der Waals surface area contributed by atoms with Crippen LogP contribution in [0.4, 0.5) is 4.79 Å². The van der Waals surface area contributed by atoms with Gasteiger partial charge >= 0.3 is 6.09 Å². The summed E-state index contributed by atoms with van der Waals surface area (Å²) < 4.78 is 7.65. The number of nitrogens with zero attached hydrogens (tertiary/aromatic N) is 3. The fourth-order valence-electron chi connectivity index (χ4n) is 3.51. The Bertz CT molecular complexity index is 520. The molecule has 116 valence electrons. The van der Waals surface area contributed by atoms with Crippen LogP contribution in [-0.4, -0.2) is 45.4 Å². The van der Waals surface area contributed by atoms with Crippen molar-refractivity contribution >= 4 is 6.09 Å². The molecule has 21 heavy (non-hydrogen) atoms. The van der Waals surface area contributed by atoms with Crippen LogP contribution >= 0.6 is 0 Å². The van der Waals surface area contributed by atoms with Crippen molar-refractivity contribution in [1.29, 1.82) is 0 Å². The molecular formula is C15H23N3O3. The predicted molar refractivity (Wildman–Crippen MR) is 77.2 cm³/mol. The summed E-state index contributed by atoms with van der Waals surface area (Å²) in [5, 5.41) is 9.39. The van der Waals surface area contributed by atoms with Crippen LogP contribution in [0.3, 0.4) is 0 Å². The van der Waals surface area contributed by atoms with Crippen LogP contribution in [0.5, 0.6) is 0 Å². The number of carbonyl (C=O) groups is 1. The van der Waals surface area contributed by atoms with Gasteiger partial charge in [0.1, 0.15) is 0 Å². The van der Waals surface area contributed by atoms with Gasteiger partial charge in [-0.25, -0.2) is 9.78 Å². The molecule has 6 nitrogen and oxygen atoms in total. The van der Waals surface area contributed by atoms with Crippen LogP contribution in [0.15, 0.2) is 6.33 Å². The van der Waals surface area contributed by atoms with E-state index in [1.54, 1.807) is 0 Å². The molecule has 2 unspecified atom stereocenters. The van der Waals surface area contributed by atoms with Gasteiger partial charge in [-0.1, -0.05) is 13.8 Å². The Morgan fingerprint density at radius 3 is 3.00 bits per heavy atom. The molecule has 0 bridgehead atoms. The van der Waals surface area contributed by atoms with Gasteiger partial charge in [-0.15, -0.1) is 0 Å². The van der Waals surface area contributed by atoms with Crippen LogP contribution in [0.2, 0.25) is 0 Å². The molecule has 1 aromatic rings. The number of aromatic nitrogens is 2. The van der Waals surface area contributed by atoms with Crippen molar-refractivity contribution in [3.8, 4) is 0 Å². The van der Waals surface area contributed by atoms with Gasteiger partial charge in [0, 0.05) is 37.7 Å². The number of rotatable bonds is 3. The number of carboxylic acid groups (broad SMARTS) is 1. The Hall–Kier alpha value is -1.56. The van der Waals surface area contributed by atoms with Gasteiger partial charge in [-0.3, -0.25) is 4.90 Å². The third-order valence-corrected chi connectivity index (χ3v) is 4.54. The molecule has 1 saturated heterocycles. The molecule has 3 rings (SSSR count). The van der Waals surface area contributed by atoms with Gasteiger partial charge in [-0.2, -0.15) is 0 Å². The summed E-state index contributed by atoms with van der Waals surface area (Å²) in [6, 6.07) is -0.132. The van der Waals surface area contributed by atoms with E-state index in [4.69, 9.17) is 4.74 Å². The maximum absolute atomic E-state index is 11.4. The highest BCUT2D eigenvalue weighted by atomic mass is 16.5. The Kier molecular flexibility index (Phi) is 3.89. The molecule has 1 aromatic heterocycles. The van der Waals surface area contributed by atoms with E-state index in [1.807, 2.05) is 6.33 Å². The smallest absolute Gasteiger partial charge is 0.407 e. The third-order valence-electron chi connectivity index (χ3n) is 4.54. The monoisotopic (exact) mass is 293 g/mol. The van der Waals surface area contributed by atoms with Gasteiger partial charge in [0.05, 0.1) is 24.7 Å². The Morgan fingerprint density at radius 2 is 2.38 bits per heavy atom. The fourth-order valence-corrected chi connectivity index (χ4v) is 3.51. The van der Waals surface area contributed by atoms with Crippen LogP contribution in [-0.2, 0) is 17.7 Å². The summed E-state index contributed by atoms with van der Waals surface area (Å²) in [5.74, 6) is 0.775. The van der Waals surface area contributed by atoms with E-state index in [0.29, 0.717) is 12.5 Å². The summed E-state index contributed by atoms with van der Waals surface area (Å²) in [6.07, 6.45) is 2.88.